The molecule has 2 saturated carbocycles. The Bertz CT molecular complexity index is 1120. The third-order valence-corrected chi connectivity index (χ3v) is 6.39. The molecule has 5 rings (SSSR count). The molecule has 2 amide bonds. The smallest absolute Gasteiger partial charge is 0.251 e. The Kier molecular flexibility index (Phi) is 5.90. The third-order valence-electron chi connectivity index (χ3n) is 6.39. The zero-order valence-corrected chi connectivity index (χ0v) is 18.7. The van der Waals surface area contributed by atoms with Crippen molar-refractivity contribution in [2.24, 2.45) is 5.92 Å². The second-order valence-electron chi connectivity index (χ2n) is 8.91. The third kappa shape index (κ3) is 4.95. The molecule has 2 fully saturated rings. The van der Waals surface area contributed by atoms with E-state index >= 15 is 0 Å². The summed E-state index contributed by atoms with van der Waals surface area (Å²) in [5.74, 6) is 1.75. The molecule has 2 aliphatic rings. The highest BCUT2D eigenvalue weighted by Gasteiger charge is 2.47. The Hall–Kier alpha value is -3.54. The van der Waals surface area contributed by atoms with E-state index in [0.29, 0.717) is 24.7 Å². The summed E-state index contributed by atoms with van der Waals surface area (Å²) in [5.41, 5.74) is 2.71. The molecule has 2 atom stereocenters. The van der Waals surface area contributed by atoms with Crippen molar-refractivity contribution < 1.29 is 18.7 Å². The second-order valence-corrected chi connectivity index (χ2v) is 8.91. The lowest BCUT2D eigenvalue weighted by atomic mass is 10.1. The summed E-state index contributed by atoms with van der Waals surface area (Å²) in [6.07, 6.45) is 4.56. The lowest BCUT2D eigenvalue weighted by molar-refractivity contribution is -0.134. The molecule has 3 aromatic rings. The number of para-hydroxylation sites is 1. The zero-order chi connectivity index (χ0) is 22.8. The summed E-state index contributed by atoms with van der Waals surface area (Å²) in [5, 5.41) is 3.01. The first kappa shape index (κ1) is 21.3. The number of hydrogen-bond acceptors (Lipinski definition) is 4. The van der Waals surface area contributed by atoms with Crippen molar-refractivity contribution in [3.8, 4) is 5.75 Å². The fourth-order valence-corrected chi connectivity index (χ4v) is 4.30. The molecule has 0 saturated heterocycles. The highest BCUT2D eigenvalue weighted by molar-refractivity contribution is 5.94. The maximum absolute atomic E-state index is 13.5. The zero-order valence-electron chi connectivity index (χ0n) is 18.7. The van der Waals surface area contributed by atoms with Gasteiger partial charge in [-0.3, -0.25) is 9.59 Å². The van der Waals surface area contributed by atoms with Crippen LogP contribution in [-0.2, 0) is 17.9 Å². The van der Waals surface area contributed by atoms with Gasteiger partial charge in [0.25, 0.3) is 5.91 Å². The van der Waals surface area contributed by atoms with Gasteiger partial charge in [-0.1, -0.05) is 30.3 Å². The van der Waals surface area contributed by atoms with E-state index in [0.717, 1.165) is 41.9 Å². The Labute approximate surface area is 193 Å². The van der Waals surface area contributed by atoms with Crippen LogP contribution in [0, 0.1) is 5.92 Å². The number of benzene rings is 2. The fourth-order valence-electron chi connectivity index (χ4n) is 4.30. The molecule has 1 aromatic heterocycles. The lowest BCUT2D eigenvalue weighted by Gasteiger charge is -2.22. The van der Waals surface area contributed by atoms with Crippen molar-refractivity contribution in [3.05, 3.63) is 89.4 Å². The topological polar surface area (TPSA) is 71.8 Å². The Morgan fingerprint density at radius 2 is 1.82 bits per heavy atom. The molecule has 170 valence electrons. The summed E-state index contributed by atoms with van der Waals surface area (Å²) in [4.78, 5) is 27.6. The average Bonchev–Trinajstić information content (AvgIpc) is 3.77. The van der Waals surface area contributed by atoms with Crippen molar-refractivity contribution in [1.82, 2.24) is 10.2 Å². The molecular weight excluding hydrogens is 416 g/mol. The average molecular weight is 445 g/mol. The fraction of sp³-hybridized carbons (Fsp3) is 0.333. The summed E-state index contributed by atoms with van der Waals surface area (Å²) < 4.78 is 11.0. The SMILES string of the molecule is COc1ccccc1[C@@H]1C[C@H]1C(=O)N(Cc1ccc(C(=O)NC2CC2)cc1)Cc1ccco1. The number of rotatable bonds is 9. The van der Waals surface area contributed by atoms with Gasteiger partial charge in [0.1, 0.15) is 11.5 Å². The van der Waals surface area contributed by atoms with E-state index in [2.05, 4.69) is 5.32 Å². The maximum Gasteiger partial charge on any atom is 0.251 e. The van der Waals surface area contributed by atoms with Gasteiger partial charge in [0.2, 0.25) is 5.91 Å². The van der Waals surface area contributed by atoms with Crippen LogP contribution in [0.2, 0.25) is 0 Å². The van der Waals surface area contributed by atoms with Gasteiger partial charge in [-0.05, 0) is 66.6 Å². The molecular formula is C27H28N2O4. The molecule has 33 heavy (non-hydrogen) atoms. The van der Waals surface area contributed by atoms with Gasteiger partial charge in [0.15, 0.2) is 0 Å². The largest absolute Gasteiger partial charge is 0.496 e. The first-order valence-electron chi connectivity index (χ1n) is 11.5. The Morgan fingerprint density at radius 1 is 1.03 bits per heavy atom. The van der Waals surface area contributed by atoms with Crippen molar-refractivity contribution >= 4 is 11.8 Å². The van der Waals surface area contributed by atoms with Crippen LogP contribution in [0.1, 0.15) is 52.4 Å². The quantitative estimate of drug-likeness (QED) is 0.527. The van der Waals surface area contributed by atoms with E-state index < -0.39 is 0 Å². The monoisotopic (exact) mass is 444 g/mol. The van der Waals surface area contributed by atoms with Crippen molar-refractivity contribution in [2.75, 3.05) is 7.11 Å². The van der Waals surface area contributed by atoms with E-state index in [1.165, 1.54) is 0 Å². The lowest BCUT2D eigenvalue weighted by Crippen LogP contribution is -2.31. The first-order chi connectivity index (χ1) is 16.1. The molecule has 0 radical (unpaired) electrons. The minimum absolute atomic E-state index is 0.0369. The number of carbonyl (C=O) groups excluding carboxylic acids is 2. The number of amides is 2. The van der Waals surface area contributed by atoms with Gasteiger partial charge in [0, 0.05) is 24.1 Å². The van der Waals surface area contributed by atoms with E-state index in [1.54, 1.807) is 13.4 Å². The number of methoxy groups -OCH3 is 1. The summed E-state index contributed by atoms with van der Waals surface area (Å²) in [6, 6.07) is 19.5. The molecule has 0 unspecified atom stereocenters. The number of carbonyl (C=O) groups is 2. The minimum atomic E-state index is -0.0696. The molecule has 0 aliphatic heterocycles. The predicted octanol–water partition coefficient (Wildman–Crippen LogP) is 4.51. The van der Waals surface area contributed by atoms with Crippen molar-refractivity contribution in [3.63, 3.8) is 0 Å². The first-order valence-corrected chi connectivity index (χ1v) is 11.5. The van der Waals surface area contributed by atoms with E-state index in [4.69, 9.17) is 9.15 Å². The second kappa shape index (κ2) is 9.14. The van der Waals surface area contributed by atoms with Crippen molar-refractivity contribution in [1.29, 1.82) is 0 Å². The van der Waals surface area contributed by atoms with Gasteiger partial charge >= 0.3 is 0 Å². The summed E-state index contributed by atoms with van der Waals surface area (Å²) >= 11 is 0. The van der Waals surface area contributed by atoms with Crippen molar-refractivity contribution in [2.45, 2.75) is 44.3 Å². The van der Waals surface area contributed by atoms with Crippen LogP contribution < -0.4 is 10.1 Å². The van der Waals surface area contributed by atoms with Crippen LogP contribution in [0.25, 0.3) is 0 Å². The molecule has 1 heterocycles. The van der Waals surface area contributed by atoms with Gasteiger partial charge in [-0.2, -0.15) is 0 Å². The molecule has 1 N–H and O–H groups in total. The highest BCUT2D eigenvalue weighted by atomic mass is 16.5. The molecule has 6 nitrogen and oxygen atoms in total. The maximum atomic E-state index is 13.5. The van der Waals surface area contributed by atoms with Crippen LogP contribution in [0.5, 0.6) is 5.75 Å². The van der Waals surface area contributed by atoms with E-state index in [9.17, 15) is 9.59 Å². The van der Waals surface area contributed by atoms with Crippen LogP contribution in [0.4, 0.5) is 0 Å². The number of furan rings is 1. The van der Waals surface area contributed by atoms with Crippen LogP contribution >= 0.6 is 0 Å². The summed E-state index contributed by atoms with van der Waals surface area (Å²) in [6.45, 7) is 0.865. The Morgan fingerprint density at radius 3 is 2.52 bits per heavy atom. The minimum Gasteiger partial charge on any atom is -0.496 e. The molecule has 2 aliphatic carbocycles. The number of nitrogens with zero attached hydrogens (tertiary/aromatic N) is 1. The standard InChI is InChI=1S/C27H28N2O4/c1-32-25-7-3-2-6-22(25)23-15-24(23)27(31)29(17-21-5-4-14-33-21)16-18-8-10-19(11-9-18)26(30)28-20-12-13-20/h2-11,14,20,23-24H,12-13,15-17H2,1H3,(H,28,30)/t23-,24+/m0/s1. The van der Waals surface area contributed by atoms with E-state index in [-0.39, 0.29) is 23.7 Å². The normalized spacial score (nSPS) is 19.1. The Balaban J connectivity index is 1.30. The number of hydrogen-bond donors (Lipinski definition) is 1. The van der Waals surface area contributed by atoms with Crippen LogP contribution in [0.3, 0.4) is 0 Å². The molecule has 6 heteroatoms. The van der Waals surface area contributed by atoms with Gasteiger partial charge in [-0.25, -0.2) is 0 Å². The number of ether oxygens (including phenoxy) is 1. The van der Waals surface area contributed by atoms with E-state index in [1.807, 2.05) is 65.6 Å². The predicted molar refractivity (Wildman–Crippen MR) is 124 cm³/mol. The summed E-state index contributed by atoms with van der Waals surface area (Å²) in [7, 11) is 1.66. The number of nitrogens with one attached hydrogen (secondary N) is 1. The van der Waals surface area contributed by atoms with Crippen LogP contribution in [-0.4, -0.2) is 29.9 Å². The van der Waals surface area contributed by atoms with Gasteiger partial charge < -0.3 is 19.4 Å². The van der Waals surface area contributed by atoms with Crippen LogP contribution in [0.15, 0.2) is 71.3 Å². The molecule has 0 spiro atoms. The molecule has 0 bridgehead atoms. The van der Waals surface area contributed by atoms with Gasteiger partial charge in [-0.15, -0.1) is 0 Å². The van der Waals surface area contributed by atoms with Gasteiger partial charge in [0.05, 0.1) is 19.9 Å². The highest BCUT2D eigenvalue weighted by Crippen LogP contribution is 2.51. The molecule has 2 aromatic carbocycles.